The van der Waals surface area contributed by atoms with Crippen LogP contribution >= 0.6 is 0 Å². The number of hydrogen-bond acceptors (Lipinski definition) is 6. The highest BCUT2D eigenvalue weighted by molar-refractivity contribution is 6.09. The number of ether oxygens (including phenoxy) is 3. The fourth-order valence-corrected chi connectivity index (χ4v) is 4.03. The van der Waals surface area contributed by atoms with Crippen LogP contribution in [0.25, 0.3) is 0 Å². The van der Waals surface area contributed by atoms with E-state index in [1.165, 1.54) is 6.08 Å². The molecule has 2 aromatic rings. The van der Waals surface area contributed by atoms with Gasteiger partial charge in [-0.25, -0.2) is 0 Å². The maximum atomic E-state index is 13.1. The molecular weight excluding hydrogens is 384 g/mol. The first-order valence-electron chi connectivity index (χ1n) is 9.75. The Bertz CT molecular complexity index is 1030. The Hall–Kier alpha value is -3.48. The van der Waals surface area contributed by atoms with E-state index in [1.807, 2.05) is 17.0 Å². The van der Waals surface area contributed by atoms with Crippen LogP contribution in [-0.2, 0) is 11.2 Å². The predicted molar refractivity (Wildman–Crippen MR) is 111 cm³/mol. The molecule has 0 aromatic heterocycles. The molecule has 156 valence electrons. The molecule has 30 heavy (non-hydrogen) atoms. The van der Waals surface area contributed by atoms with Crippen LogP contribution in [0, 0.1) is 0 Å². The molecule has 7 nitrogen and oxygen atoms in total. The Morgan fingerprint density at radius 1 is 1.10 bits per heavy atom. The van der Waals surface area contributed by atoms with Crippen LogP contribution in [0.4, 0.5) is 0 Å². The fourth-order valence-electron chi connectivity index (χ4n) is 4.03. The van der Waals surface area contributed by atoms with Crippen LogP contribution in [0.15, 0.2) is 48.2 Å². The summed E-state index contributed by atoms with van der Waals surface area (Å²) in [5.41, 5.74) is 2.96. The van der Waals surface area contributed by atoms with Crippen molar-refractivity contribution in [1.82, 2.24) is 10.2 Å². The number of rotatable bonds is 5. The summed E-state index contributed by atoms with van der Waals surface area (Å²) in [6.45, 7) is 1.10. The summed E-state index contributed by atoms with van der Waals surface area (Å²) < 4.78 is 16.0. The maximum absolute atomic E-state index is 13.1. The lowest BCUT2D eigenvalue weighted by molar-refractivity contribution is -0.132. The van der Waals surface area contributed by atoms with Crippen molar-refractivity contribution in [2.45, 2.75) is 12.5 Å². The van der Waals surface area contributed by atoms with E-state index in [2.05, 4.69) is 5.32 Å². The van der Waals surface area contributed by atoms with Crippen molar-refractivity contribution in [2.24, 2.45) is 0 Å². The lowest BCUT2D eigenvalue weighted by Crippen LogP contribution is -2.51. The third-order valence-electron chi connectivity index (χ3n) is 5.61. The van der Waals surface area contributed by atoms with Crippen LogP contribution < -0.4 is 19.5 Å². The van der Waals surface area contributed by atoms with Crippen molar-refractivity contribution in [3.63, 3.8) is 0 Å². The summed E-state index contributed by atoms with van der Waals surface area (Å²) >= 11 is 0. The number of allylic oxidation sites excluding steroid dienone is 1. The Labute approximate surface area is 175 Å². The molecule has 1 unspecified atom stereocenters. The molecule has 2 aliphatic rings. The number of carbonyl (C=O) groups is 2. The molecule has 0 bridgehead atoms. The minimum absolute atomic E-state index is 0.120. The number of ketones is 1. The summed E-state index contributed by atoms with van der Waals surface area (Å²) in [6, 6.07) is 10.7. The van der Waals surface area contributed by atoms with Gasteiger partial charge in [-0.3, -0.25) is 9.59 Å². The molecule has 1 N–H and O–H groups in total. The van der Waals surface area contributed by atoms with E-state index in [9.17, 15) is 9.59 Å². The van der Waals surface area contributed by atoms with Crippen LogP contribution in [0.5, 0.6) is 17.2 Å². The highest BCUT2D eigenvalue weighted by Gasteiger charge is 2.37. The quantitative estimate of drug-likeness (QED) is 0.605. The number of nitrogens with one attached hydrogen (secondary N) is 1. The van der Waals surface area contributed by atoms with Crippen molar-refractivity contribution in [3.8, 4) is 17.2 Å². The number of amides is 1. The van der Waals surface area contributed by atoms with Gasteiger partial charge in [0.05, 0.1) is 27.4 Å². The van der Waals surface area contributed by atoms with Crippen LogP contribution in [-0.4, -0.2) is 51.0 Å². The summed E-state index contributed by atoms with van der Waals surface area (Å²) in [7, 11) is 4.76. The van der Waals surface area contributed by atoms with Gasteiger partial charge >= 0.3 is 0 Å². The Kier molecular flexibility index (Phi) is 5.35. The smallest absolute Gasteiger partial charge is 0.270 e. The first-order valence-corrected chi connectivity index (χ1v) is 9.75. The van der Waals surface area contributed by atoms with E-state index in [1.54, 1.807) is 45.6 Å². The summed E-state index contributed by atoms with van der Waals surface area (Å²) in [5, 5.41) is 3.15. The lowest BCUT2D eigenvalue weighted by atomic mass is 9.90. The second kappa shape index (κ2) is 8.10. The molecular formula is C23H24N2O5. The van der Waals surface area contributed by atoms with E-state index in [4.69, 9.17) is 14.2 Å². The van der Waals surface area contributed by atoms with Gasteiger partial charge < -0.3 is 24.4 Å². The topological polar surface area (TPSA) is 77.1 Å². The molecule has 1 amide bonds. The van der Waals surface area contributed by atoms with Crippen molar-refractivity contribution in [1.29, 1.82) is 0 Å². The number of carbonyl (C=O) groups excluding carboxylic acids is 2. The van der Waals surface area contributed by atoms with Gasteiger partial charge in [-0.05, 0) is 41.8 Å². The summed E-state index contributed by atoms with van der Waals surface area (Å²) in [6.07, 6.45) is 2.09. The molecule has 1 atom stereocenters. The number of piperazine rings is 1. The van der Waals surface area contributed by atoms with Crippen molar-refractivity contribution >= 4 is 11.7 Å². The van der Waals surface area contributed by atoms with Crippen LogP contribution in [0.3, 0.4) is 0 Å². The molecule has 0 spiro atoms. The van der Waals surface area contributed by atoms with Gasteiger partial charge in [0, 0.05) is 24.7 Å². The van der Waals surface area contributed by atoms with E-state index < -0.39 is 0 Å². The number of hydrogen-bond donors (Lipinski definition) is 1. The molecule has 7 heteroatoms. The van der Waals surface area contributed by atoms with Crippen LogP contribution in [0.1, 0.15) is 27.5 Å². The zero-order valence-corrected chi connectivity index (χ0v) is 17.2. The molecule has 0 radical (unpaired) electrons. The van der Waals surface area contributed by atoms with Crippen LogP contribution in [0.2, 0.25) is 0 Å². The second-order valence-corrected chi connectivity index (χ2v) is 7.21. The van der Waals surface area contributed by atoms with Gasteiger partial charge in [0.15, 0.2) is 17.3 Å². The Morgan fingerprint density at radius 2 is 1.87 bits per heavy atom. The third-order valence-corrected chi connectivity index (χ3v) is 5.61. The average molecular weight is 408 g/mol. The largest absolute Gasteiger partial charge is 0.497 e. The van der Waals surface area contributed by atoms with Crippen molar-refractivity contribution in [3.05, 3.63) is 64.9 Å². The van der Waals surface area contributed by atoms with Gasteiger partial charge in [-0.2, -0.15) is 0 Å². The molecule has 0 saturated carbocycles. The number of benzene rings is 2. The average Bonchev–Trinajstić information content (AvgIpc) is 2.79. The first kappa shape index (κ1) is 19.8. The number of fused-ring (bicyclic) bond motifs is 3. The second-order valence-electron chi connectivity index (χ2n) is 7.21. The zero-order valence-electron chi connectivity index (χ0n) is 17.2. The fraction of sp³-hybridized carbons (Fsp3) is 0.304. The highest BCUT2D eigenvalue weighted by Crippen LogP contribution is 2.39. The van der Waals surface area contributed by atoms with Crippen molar-refractivity contribution in [2.75, 3.05) is 34.4 Å². The molecule has 4 rings (SSSR count). The van der Waals surface area contributed by atoms with Gasteiger partial charge in [0.25, 0.3) is 5.91 Å². The standard InChI is InChI=1S/C23H24N2O5/c1-28-16-6-4-5-15(9-16)20(26)12-18-23(27)25-8-7-14-10-21(29-2)22(30-3)11-17(14)19(25)13-24-18/h4-6,9-12,19,24H,7-8,13H2,1-3H3/b18-12-. The molecule has 2 heterocycles. The third kappa shape index (κ3) is 3.47. The van der Waals surface area contributed by atoms with E-state index in [0.29, 0.717) is 41.6 Å². The summed E-state index contributed by atoms with van der Waals surface area (Å²) in [4.78, 5) is 27.6. The Balaban J connectivity index is 1.59. The molecule has 2 aromatic carbocycles. The monoisotopic (exact) mass is 408 g/mol. The van der Waals surface area contributed by atoms with Gasteiger partial charge in [0.2, 0.25) is 0 Å². The molecule has 2 aliphatic heterocycles. The predicted octanol–water partition coefficient (Wildman–Crippen LogP) is 2.51. The Morgan fingerprint density at radius 3 is 2.60 bits per heavy atom. The highest BCUT2D eigenvalue weighted by atomic mass is 16.5. The van der Waals surface area contributed by atoms with Gasteiger partial charge in [-0.1, -0.05) is 12.1 Å². The van der Waals surface area contributed by atoms with E-state index in [0.717, 1.165) is 17.5 Å². The summed E-state index contributed by atoms with van der Waals surface area (Å²) in [5.74, 6) is 1.50. The minimum Gasteiger partial charge on any atom is -0.497 e. The minimum atomic E-state index is -0.244. The molecule has 1 fully saturated rings. The normalized spacial score (nSPS) is 18.9. The van der Waals surface area contributed by atoms with Gasteiger partial charge in [-0.15, -0.1) is 0 Å². The number of methoxy groups -OCH3 is 3. The van der Waals surface area contributed by atoms with E-state index >= 15 is 0 Å². The molecule has 1 saturated heterocycles. The lowest BCUT2D eigenvalue weighted by Gasteiger charge is -2.42. The van der Waals surface area contributed by atoms with Gasteiger partial charge in [0.1, 0.15) is 11.4 Å². The zero-order chi connectivity index (χ0) is 21.3. The first-order chi connectivity index (χ1) is 14.5. The molecule has 0 aliphatic carbocycles. The van der Waals surface area contributed by atoms with Crippen molar-refractivity contribution < 1.29 is 23.8 Å². The maximum Gasteiger partial charge on any atom is 0.270 e. The SMILES string of the molecule is COc1cccc(C(=O)/C=C2\NCC3c4cc(OC)c(OC)cc4CCN3C2=O)c1. The van der Waals surface area contributed by atoms with E-state index in [-0.39, 0.29) is 17.7 Å². The number of nitrogens with zero attached hydrogens (tertiary/aromatic N) is 1.